The lowest BCUT2D eigenvalue weighted by Crippen LogP contribution is -2.31. The normalized spacial score (nSPS) is 10.9. The first-order valence-corrected chi connectivity index (χ1v) is 9.21. The van der Waals surface area contributed by atoms with Crippen molar-refractivity contribution in [2.45, 2.75) is 11.8 Å². The number of sulfonamides is 1. The monoisotopic (exact) mass is 369 g/mol. The number of esters is 1. The molecule has 0 radical (unpaired) electrons. The quantitative estimate of drug-likeness (QED) is 0.783. The van der Waals surface area contributed by atoms with E-state index >= 15 is 0 Å². The van der Waals surface area contributed by atoms with Crippen molar-refractivity contribution in [2.75, 3.05) is 13.7 Å². The Balaban J connectivity index is 2.21. The van der Waals surface area contributed by atoms with Gasteiger partial charge in [-0.05, 0) is 42.6 Å². The number of methoxy groups -OCH3 is 1. The van der Waals surface area contributed by atoms with E-state index in [9.17, 15) is 18.0 Å². The van der Waals surface area contributed by atoms with E-state index in [1.54, 1.807) is 12.1 Å². The lowest BCUT2D eigenvalue weighted by molar-refractivity contribution is 0.0602. The van der Waals surface area contributed by atoms with Crippen LogP contribution in [0.1, 0.15) is 27.0 Å². The van der Waals surface area contributed by atoms with Crippen molar-refractivity contribution in [1.29, 1.82) is 0 Å². The Hall–Kier alpha value is -2.39. The van der Waals surface area contributed by atoms with Gasteiger partial charge >= 0.3 is 5.97 Å². The van der Waals surface area contributed by atoms with Gasteiger partial charge in [-0.2, -0.15) is 0 Å². The first-order valence-electron chi connectivity index (χ1n) is 6.85. The number of thiophene rings is 1. The maximum absolute atomic E-state index is 12.3. The lowest BCUT2D eigenvalue weighted by atomic mass is 10.2. The summed E-state index contributed by atoms with van der Waals surface area (Å²) < 4.78 is 36.4. The largest absolute Gasteiger partial charge is 0.494 e. The van der Waals surface area contributed by atoms with Crippen molar-refractivity contribution in [3.8, 4) is 5.75 Å². The fraction of sp³-hybridized carbons (Fsp3) is 0.200. The summed E-state index contributed by atoms with van der Waals surface area (Å²) in [6.45, 7) is 2.31. The highest BCUT2D eigenvalue weighted by molar-refractivity contribution is 7.90. The first-order chi connectivity index (χ1) is 11.4. The molecule has 1 aromatic carbocycles. The first kappa shape index (κ1) is 18.0. The Bertz CT molecular complexity index is 839. The van der Waals surface area contributed by atoms with Gasteiger partial charge in [-0.25, -0.2) is 17.9 Å². The Morgan fingerprint density at radius 3 is 2.42 bits per heavy atom. The molecule has 0 bridgehead atoms. The van der Waals surface area contributed by atoms with Gasteiger partial charge in [-0.15, -0.1) is 11.3 Å². The average Bonchev–Trinajstić information content (AvgIpc) is 3.05. The van der Waals surface area contributed by atoms with Gasteiger partial charge in [0.05, 0.1) is 13.7 Å². The predicted octanol–water partition coefficient (Wildman–Crippen LogP) is 2.05. The van der Waals surface area contributed by atoms with Crippen LogP contribution in [-0.4, -0.2) is 34.0 Å². The Morgan fingerprint density at radius 1 is 1.17 bits per heavy atom. The third-order valence-electron chi connectivity index (χ3n) is 2.94. The fourth-order valence-corrected chi connectivity index (χ4v) is 4.17. The topological polar surface area (TPSA) is 98.8 Å². The molecule has 9 heteroatoms. The summed E-state index contributed by atoms with van der Waals surface area (Å²) >= 11 is 0.918. The van der Waals surface area contributed by atoms with E-state index < -0.39 is 21.9 Å². The highest BCUT2D eigenvalue weighted by atomic mass is 32.2. The number of carbonyl (C=O) groups excluding carboxylic acids is 2. The van der Waals surface area contributed by atoms with Crippen LogP contribution in [-0.2, 0) is 14.8 Å². The minimum Gasteiger partial charge on any atom is -0.494 e. The van der Waals surface area contributed by atoms with Crippen molar-refractivity contribution in [3.63, 3.8) is 0 Å². The lowest BCUT2D eigenvalue weighted by Gasteiger charge is -2.08. The summed E-state index contributed by atoms with van der Waals surface area (Å²) in [5, 5.41) is 1.43. The van der Waals surface area contributed by atoms with Gasteiger partial charge in [0.25, 0.3) is 15.9 Å². The zero-order valence-electron chi connectivity index (χ0n) is 12.9. The number of amides is 1. The standard InChI is InChI=1S/C15H15NO6S2/c1-3-22-11-6-4-10(5-7-11)14(17)16-24(19,20)12-8-9-23-13(12)15(18)21-2/h4-9H,3H2,1-2H3,(H,16,17). The van der Waals surface area contributed by atoms with Crippen LogP contribution in [0, 0.1) is 0 Å². The number of nitrogens with one attached hydrogen (secondary N) is 1. The molecule has 0 atom stereocenters. The molecule has 7 nitrogen and oxygen atoms in total. The van der Waals surface area contributed by atoms with Gasteiger partial charge in [0.2, 0.25) is 0 Å². The fourth-order valence-electron chi connectivity index (χ4n) is 1.86. The van der Waals surface area contributed by atoms with Crippen LogP contribution in [0.4, 0.5) is 0 Å². The van der Waals surface area contributed by atoms with Crippen LogP contribution in [0.5, 0.6) is 5.75 Å². The third kappa shape index (κ3) is 3.92. The van der Waals surface area contributed by atoms with Gasteiger partial charge in [-0.1, -0.05) is 0 Å². The smallest absolute Gasteiger partial charge is 0.349 e. The molecule has 0 fully saturated rings. The van der Waals surface area contributed by atoms with Gasteiger partial charge < -0.3 is 9.47 Å². The maximum Gasteiger partial charge on any atom is 0.349 e. The molecule has 2 rings (SSSR count). The molecular formula is C15H15NO6S2. The molecule has 1 N–H and O–H groups in total. The summed E-state index contributed by atoms with van der Waals surface area (Å²) in [5.41, 5.74) is 0.150. The van der Waals surface area contributed by atoms with Crippen molar-refractivity contribution in [3.05, 3.63) is 46.2 Å². The van der Waals surface area contributed by atoms with E-state index in [1.165, 1.54) is 23.6 Å². The molecule has 0 spiro atoms. The van der Waals surface area contributed by atoms with Crippen LogP contribution in [0.25, 0.3) is 0 Å². The zero-order valence-corrected chi connectivity index (χ0v) is 14.6. The van der Waals surface area contributed by atoms with Crippen molar-refractivity contribution < 1.29 is 27.5 Å². The van der Waals surface area contributed by atoms with Gasteiger partial charge in [0, 0.05) is 5.56 Å². The second kappa shape index (κ2) is 7.45. The molecule has 0 aliphatic carbocycles. The Kier molecular flexibility index (Phi) is 5.58. The number of carbonyl (C=O) groups is 2. The van der Waals surface area contributed by atoms with E-state index in [2.05, 4.69) is 4.74 Å². The number of hydrogen-bond donors (Lipinski definition) is 1. The second-order valence-electron chi connectivity index (χ2n) is 4.50. The van der Waals surface area contributed by atoms with Gasteiger partial charge in [0.15, 0.2) is 0 Å². The zero-order chi connectivity index (χ0) is 17.7. The van der Waals surface area contributed by atoms with E-state index in [4.69, 9.17) is 4.74 Å². The molecule has 0 aliphatic heterocycles. The second-order valence-corrected chi connectivity index (χ2v) is 7.06. The molecule has 0 saturated carbocycles. The molecule has 128 valence electrons. The number of ether oxygens (including phenoxy) is 2. The number of hydrogen-bond acceptors (Lipinski definition) is 7. The predicted molar refractivity (Wildman–Crippen MR) is 87.9 cm³/mol. The van der Waals surface area contributed by atoms with Gasteiger partial charge in [-0.3, -0.25) is 4.79 Å². The minimum atomic E-state index is -4.19. The maximum atomic E-state index is 12.3. The summed E-state index contributed by atoms with van der Waals surface area (Å²) in [5.74, 6) is -1.01. The summed E-state index contributed by atoms with van der Waals surface area (Å²) in [4.78, 5) is 23.3. The van der Waals surface area contributed by atoms with E-state index in [0.717, 1.165) is 18.4 Å². The highest BCUT2D eigenvalue weighted by Gasteiger charge is 2.26. The van der Waals surface area contributed by atoms with E-state index in [1.807, 2.05) is 11.6 Å². The van der Waals surface area contributed by atoms with E-state index in [0.29, 0.717) is 12.4 Å². The van der Waals surface area contributed by atoms with Crippen LogP contribution in [0.15, 0.2) is 40.6 Å². The molecule has 1 heterocycles. The summed E-state index contributed by atoms with van der Waals surface area (Å²) in [7, 11) is -3.04. The van der Waals surface area contributed by atoms with Crippen molar-refractivity contribution in [2.24, 2.45) is 0 Å². The summed E-state index contributed by atoms with van der Waals surface area (Å²) in [6.07, 6.45) is 0. The van der Waals surface area contributed by atoms with Crippen LogP contribution >= 0.6 is 11.3 Å². The van der Waals surface area contributed by atoms with E-state index in [-0.39, 0.29) is 15.3 Å². The number of benzene rings is 1. The molecule has 24 heavy (non-hydrogen) atoms. The highest BCUT2D eigenvalue weighted by Crippen LogP contribution is 2.23. The van der Waals surface area contributed by atoms with Crippen LogP contribution in [0.2, 0.25) is 0 Å². The molecule has 1 amide bonds. The van der Waals surface area contributed by atoms with Gasteiger partial charge in [0.1, 0.15) is 15.5 Å². The molecule has 2 aromatic rings. The van der Waals surface area contributed by atoms with Crippen LogP contribution in [0.3, 0.4) is 0 Å². The number of rotatable bonds is 6. The van der Waals surface area contributed by atoms with Crippen molar-refractivity contribution >= 4 is 33.2 Å². The summed E-state index contributed by atoms with van der Waals surface area (Å²) in [6, 6.07) is 7.27. The molecule has 0 aliphatic rings. The SMILES string of the molecule is CCOc1ccc(C(=O)NS(=O)(=O)c2ccsc2C(=O)OC)cc1. The minimum absolute atomic E-state index is 0.0931. The van der Waals surface area contributed by atoms with Crippen LogP contribution < -0.4 is 9.46 Å². The average molecular weight is 369 g/mol. The third-order valence-corrected chi connectivity index (χ3v) is 5.34. The molecule has 1 aromatic heterocycles. The molecular weight excluding hydrogens is 354 g/mol. The van der Waals surface area contributed by atoms with Crippen molar-refractivity contribution in [1.82, 2.24) is 4.72 Å². The Morgan fingerprint density at radius 2 is 1.83 bits per heavy atom. The Labute approximate surface area is 143 Å². The molecule has 0 saturated heterocycles. The molecule has 0 unspecified atom stereocenters.